The van der Waals surface area contributed by atoms with Crippen molar-refractivity contribution in [3.05, 3.63) is 71.6 Å². The van der Waals surface area contributed by atoms with Crippen LogP contribution in [0, 0.1) is 0 Å². The number of benzene rings is 2. The summed E-state index contributed by atoms with van der Waals surface area (Å²) in [5.74, 6) is 1.47. The first-order valence-corrected chi connectivity index (χ1v) is 9.30. The lowest BCUT2D eigenvalue weighted by molar-refractivity contribution is -0.121. The summed E-state index contributed by atoms with van der Waals surface area (Å²) in [6, 6.07) is 18.0. The third-order valence-electron chi connectivity index (χ3n) is 4.55. The third-order valence-corrected chi connectivity index (χ3v) is 4.55. The molecule has 0 saturated heterocycles. The van der Waals surface area contributed by atoms with Gasteiger partial charge in [0.25, 0.3) is 0 Å². The quantitative estimate of drug-likeness (QED) is 0.662. The van der Waals surface area contributed by atoms with E-state index in [-0.39, 0.29) is 11.9 Å². The van der Waals surface area contributed by atoms with Gasteiger partial charge >= 0.3 is 0 Å². The van der Waals surface area contributed by atoms with Crippen molar-refractivity contribution in [3.63, 3.8) is 0 Å². The van der Waals surface area contributed by atoms with E-state index in [0.717, 1.165) is 11.1 Å². The Balaban J connectivity index is 1.54. The number of amides is 1. The molecule has 0 aliphatic rings. The summed E-state index contributed by atoms with van der Waals surface area (Å²) >= 11 is 0. The Labute approximate surface area is 159 Å². The first-order valence-electron chi connectivity index (χ1n) is 9.30. The van der Waals surface area contributed by atoms with Crippen LogP contribution in [0.1, 0.15) is 56.2 Å². The number of hydrogen-bond acceptors (Lipinski definition) is 4. The van der Waals surface area contributed by atoms with Crippen molar-refractivity contribution in [2.45, 2.75) is 45.6 Å². The number of carbonyl (C=O) groups excluding carboxylic acids is 1. The normalized spacial score (nSPS) is 12.1. The topological polar surface area (TPSA) is 68.0 Å². The van der Waals surface area contributed by atoms with Gasteiger partial charge in [0, 0.05) is 18.4 Å². The Morgan fingerprint density at radius 1 is 1.00 bits per heavy atom. The van der Waals surface area contributed by atoms with Gasteiger partial charge in [-0.15, -0.1) is 0 Å². The van der Waals surface area contributed by atoms with E-state index < -0.39 is 0 Å². The van der Waals surface area contributed by atoms with E-state index in [9.17, 15) is 4.79 Å². The van der Waals surface area contributed by atoms with E-state index in [4.69, 9.17) is 4.52 Å². The summed E-state index contributed by atoms with van der Waals surface area (Å²) in [5.41, 5.74) is 3.26. The molecule has 0 aliphatic carbocycles. The highest BCUT2D eigenvalue weighted by molar-refractivity contribution is 5.76. The maximum atomic E-state index is 12.2. The molecule has 5 nitrogen and oxygen atoms in total. The summed E-state index contributed by atoms with van der Waals surface area (Å²) in [6.07, 6.45) is 0.732. The first-order chi connectivity index (χ1) is 13.0. The van der Waals surface area contributed by atoms with Crippen molar-refractivity contribution in [3.8, 4) is 11.4 Å². The Kier molecular flexibility index (Phi) is 6.01. The fraction of sp³-hybridized carbons (Fsp3) is 0.318. The van der Waals surface area contributed by atoms with E-state index in [1.54, 1.807) is 0 Å². The molecule has 3 rings (SSSR count). The Hall–Kier alpha value is -2.95. The molecule has 0 aliphatic heterocycles. The van der Waals surface area contributed by atoms with Gasteiger partial charge in [0.05, 0.1) is 6.04 Å². The predicted molar refractivity (Wildman–Crippen MR) is 105 cm³/mol. The van der Waals surface area contributed by atoms with Gasteiger partial charge in [0.15, 0.2) is 0 Å². The smallest absolute Gasteiger partial charge is 0.227 e. The number of rotatable bonds is 7. The zero-order valence-electron chi connectivity index (χ0n) is 16.0. The molecule has 5 heteroatoms. The lowest BCUT2D eigenvalue weighted by Gasteiger charge is -2.13. The largest absolute Gasteiger partial charge is 0.350 e. The average Bonchev–Trinajstić information content (AvgIpc) is 3.16. The molecule has 1 heterocycles. The van der Waals surface area contributed by atoms with Gasteiger partial charge < -0.3 is 9.84 Å². The molecule has 1 unspecified atom stereocenters. The van der Waals surface area contributed by atoms with Crippen LogP contribution >= 0.6 is 0 Å². The van der Waals surface area contributed by atoms with Crippen LogP contribution in [0.15, 0.2) is 59.1 Å². The maximum Gasteiger partial charge on any atom is 0.227 e. The van der Waals surface area contributed by atoms with Crippen molar-refractivity contribution in [2.24, 2.45) is 0 Å². The minimum Gasteiger partial charge on any atom is -0.350 e. The summed E-state index contributed by atoms with van der Waals surface area (Å²) in [5, 5.41) is 7.02. The van der Waals surface area contributed by atoms with E-state index >= 15 is 0 Å². The molecular weight excluding hydrogens is 338 g/mol. The molecule has 2 aromatic carbocycles. The van der Waals surface area contributed by atoms with Gasteiger partial charge in [0.1, 0.15) is 0 Å². The molecule has 3 aromatic rings. The number of aryl methyl sites for hydroxylation is 1. The van der Waals surface area contributed by atoms with Gasteiger partial charge in [-0.05, 0) is 24.0 Å². The van der Waals surface area contributed by atoms with E-state index in [0.29, 0.717) is 30.5 Å². The number of carbonyl (C=O) groups is 1. The lowest BCUT2D eigenvalue weighted by atomic mass is 10.0. The van der Waals surface area contributed by atoms with Crippen LogP contribution in [0.3, 0.4) is 0 Å². The Morgan fingerprint density at radius 3 is 2.37 bits per heavy atom. The van der Waals surface area contributed by atoms with Crippen molar-refractivity contribution in [2.75, 3.05) is 0 Å². The predicted octanol–water partition coefficient (Wildman–Crippen LogP) is 4.67. The van der Waals surface area contributed by atoms with Crippen LogP contribution in [-0.2, 0) is 11.2 Å². The minimum absolute atomic E-state index is 0.0311. The van der Waals surface area contributed by atoms with E-state index in [2.05, 4.69) is 41.4 Å². The molecule has 0 bridgehead atoms. The fourth-order valence-corrected chi connectivity index (χ4v) is 2.85. The summed E-state index contributed by atoms with van der Waals surface area (Å²) in [4.78, 5) is 16.6. The highest BCUT2D eigenvalue weighted by Gasteiger charge is 2.13. The zero-order valence-corrected chi connectivity index (χ0v) is 16.0. The van der Waals surface area contributed by atoms with E-state index in [1.165, 1.54) is 5.56 Å². The number of nitrogens with zero attached hydrogens (tertiary/aromatic N) is 2. The van der Waals surface area contributed by atoms with Crippen molar-refractivity contribution >= 4 is 5.91 Å². The molecule has 0 spiro atoms. The second-order valence-corrected chi connectivity index (χ2v) is 6.99. The monoisotopic (exact) mass is 363 g/mol. The van der Waals surface area contributed by atoms with Crippen LogP contribution in [-0.4, -0.2) is 16.0 Å². The van der Waals surface area contributed by atoms with Crippen molar-refractivity contribution < 1.29 is 9.32 Å². The minimum atomic E-state index is -0.0348. The zero-order chi connectivity index (χ0) is 19.2. The van der Waals surface area contributed by atoms with Gasteiger partial charge in [-0.1, -0.05) is 73.6 Å². The molecule has 1 aromatic heterocycles. The van der Waals surface area contributed by atoms with Crippen LogP contribution in [0.5, 0.6) is 0 Å². The molecule has 1 atom stereocenters. The molecular formula is C22H25N3O2. The Bertz CT molecular complexity index is 870. The molecule has 0 fully saturated rings. The number of nitrogens with one attached hydrogen (secondary N) is 1. The van der Waals surface area contributed by atoms with Crippen LogP contribution < -0.4 is 5.32 Å². The fourth-order valence-electron chi connectivity index (χ4n) is 2.85. The highest BCUT2D eigenvalue weighted by Crippen LogP contribution is 2.21. The van der Waals surface area contributed by atoms with Crippen LogP contribution in [0.25, 0.3) is 11.4 Å². The molecule has 1 amide bonds. The van der Waals surface area contributed by atoms with E-state index in [1.807, 2.05) is 49.4 Å². The van der Waals surface area contributed by atoms with Crippen LogP contribution in [0.2, 0.25) is 0 Å². The van der Waals surface area contributed by atoms with Gasteiger partial charge in [-0.3, -0.25) is 4.79 Å². The standard InChI is InChI=1S/C22H25N3O2/c1-15(2)17-9-11-19(12-10-17)22-24-21(27-25-22)14-13-20(26)23-16(3)18-7-5-4-6-8-18/h4-12,15-16H,13-14H2,1-3H3,(H,23,26). The molecule has 0 saturated carbocycles. The van der Waals surface area contributed by atoms with Crippen molar-refractivity contribution in [1.82, 2.24) is 15.5 Å². The summed E-state index contributed by atoms with van der Waals surface area (Å²) in [6.45, 7) is 6.29. The van der Waals surface area contributed by atoms with Gasteiger partial charge in [0.2, 0.25) is 17.6 Å². The van der Waals surface area contributed by atoms with Gasteiger partial charge in [-0.25, -0.2) is 0 Å². The molecule has 0 radical (unpaired) electrons. The number of aromatic nitrogens is 2. The summed E-state index contributed by atoms with van der Waals surface area (Å²) < 4.78 is 5.30. The second kappa shape index (κ2) is 8.62. The van der Waals surface area contributed by atoms with Gasteiger partial charge in [-0.2, -0.15) is 4.98 Å². The SMILES string of the molecule is CC(C)c1ccc(-c2noc(CCC(=O)NC(C)c3ccccc3)n2)cc1. The number of hydrogen-bond donors (Lipinski definition) is 1. The lowest BCUT2D eigenvalue weighted by Crippen LogP contribution is -2.26. The van der Waals surface area contributed by atoms with Crippen LogP contribution in [0.4, 0.5) is 0 Å². The highest BCUT2D eigenvalue weighted by atomic mass is 16.5. The maximum absolute atomic E-state index is 12.2. The molecule has 27 heavy (non-hydrogen) atoms. The third kappa shape index (κ3) is 5.03. The summed E-state index contributed by atoms with van der Waals surface area (Å²) in [7, 11) is 0. The molecule has 1 N–H and O–H groups in total. The van der Waals surface area contributed by atoms with Crippen molar-refractivity contribution in [1.29, 1.82) is 0 Å². The molecule has 140 valence electrons. The first kappa shape index (κ1) is 18.8. The average molecular weight is 363 g/mol. The second-order valence-electron chi connectivity index (χ2n) is 6.99. The Morgan fingerprint density at radius 2 is 1.70 bits per heavy atom.